The minimum atomic E-state index is -0.151. The second-order valence-electron chi connectivity index (χ2n) is 5.56. The Labute approximate surface area is 130 Å². The van der Waals surface area contributed by atoms with E-state index in [9.17, 15) is 4.79 Å². The average molecular weight is 301 g/mol. The van der Waals surface area contributed by atoms with E-state index < -0.39 is 0 Å². The van der Waals surface area contributed by atoms with Crippen molar-refractivity contribution >= 4 is 0 Å². The third-order valence-electron chi connectivity index (χ3n) is 3.65. The summed E-state index contributed by atoms with van der Waals surface area (Å²) in [6.07, 6.45) is 0. The zero-order valence-corrected chi connectivity index (χ0v) is 13.4. The van der Waals surface area contributed by atoms with Crippen LogP contribution in [0.1, 0.15) is 30.9 Å². The van der Waals surface area contributed by atoms with E-state index in [0.717, 1.165) is 11.3 Å². The van der Waals surface area contributed by atoms with Gasteiger partial charge in [0.15, 0.2) is 0 Å². The molecule has 0 unspecified atom stereocenters. The summed E-state index contributed by atoms with van der Waals surface area (Å²) in [6.45, 7) is 5.37. The summed E-state index contributed by atoms with van der Waals surface area (Å²) in [4.78, 5) is 12.2. The molecule has 5 nitrogen and oxygen atoms in total. The third kappa shape index (κ3) is 3.61. The Morgan fingerprint density at radius 2 is 1.95 bits per heavy atom. The van der Waals surface area contributed by atoms with E-state index in [4.69, 9.17) is 10.5 Å². The fourth-order valence-corrected chi connectivity index (χ4v) is 2.25. The molecule has 2 rings (SSSR count). The Kier molecular flexibility index (Phi) is 5.46. The van der Waals surface area contributed by atoms with Crippen molar-refractivity contribution in [1.29, 1.82) is 0 Å². The van der Waals surface area contributed by atoms with Crippen LogP contribution >= 0.6 is 0 Å². The van der Waals surface area contributed by atoms with Crippen LogP contribution in [0.15, 0.2) is 35.1 Å². The Morgan fingerprint density at radius 3 is 2.50 bits per heavy atom. The largest absolute Gasteiger partial charge is 0.383 e. The number of benzene rings is 1. The molecule has 2 aromatic rings. The van der Waals surface area contributed by atoms with E-state index in [1.165, 1.54) is 10.2 Å². The van der Waals surface area contributed by atoms with E-state index in [0.29, 0.717) is 24.6 Å². The molecule has 1 heterocycles. The molecule has 0 saturated heterocycles. The molecular weight excluding hydrogens is 278 g/mol. The topological polar surface area (TPSA) is 70.1 Å². The number of hydrogen-bond donors (Lipinski definition) is 1. The van der Waals surface area contributed by atoms with Gasteiger partial charge < -0.3 is 10.5 Å². The molecule has 5 heteroatoms. The quantitative estimate of drug-likeness (QED) is 0.887. The first-order valence-corrected chi connectivity index (χ1v) is 7.47. The molecule has 1 aromatic heterocycles. The minimum Gasteiger partial charge on any atom is -0.383 e. The highest BCUT2D eigenvalue weighted by molar-refractivity contribution is 5.59. The number of hydrogen-bond acceptors (Lipinski definition) is 4. The summed E-state index contributed by atoms with van der Waals surface area (Å²) in [5, 5.41) is 4.43. The minimum absolute atomic E-state index is 0.151. The Morgan fingerprint density at radius 1 is 1.27 bits per heavy atom. The van der Waals surface area contributed by atoms with E-state index >= 15 is 0 Å². The van der Waals surface area contributed by atoms with Gasteiger partial charge in [0, 0.05) is 24.8 Å². The molecular formula is C17H23N3O2. The van der Waals surface area contributed by atoms with Crippen molar-refractivity contribution < 1.29 is 4.74 Å². The van der Waals surface area contributed by atoms with Gasteiger partial charge in [0.25, 0.3) is 5.56 Å². The number of nitrogens with zero attached hydrogens (tertiary/aromatic N) is 2. The van der Waals surface area contributed by atoms with Gasteiger partial charge in [-0.2, -0.15) is 5.10 Å². The van der Waals surface area contributed by atoms with Crippen molar-refractivity contribution in [3.63, 3.8) is 0 Å². The maximum atomic E-state index is 12.2. The fourth-order valence-electron chi connectivity index (χ4n) is 2.25. The van der Waals surface area contributed by atoms with E-state index in [-0.39, 0.29) is 12.1 Å². The van der Waals surface area contributed by atoms with Crippen LogP contribution in [0.5, 0.6) is 0 Å². The van der Waals surface area contributed by atoms with Crippen LogP contribution in [0.25, 0.3) is 11.3 Å². The number of nitrogens with two attached hydrogens (primary N) is 1. The number of ether oxygens (including phenoxy) is 1. The lowest BCUT2D eigenvalue weighted by Crippen LogP contribution is -2.29. The van der Waals surface area contributed by atoms with Crippen molar-refractivity contribution in [1.82, 2.24) is 9.78 Å². The summed E-state index contributed by atoms with van der Waals surface area (Å²) >= 11 is 0. The first-order valence-electron chi connectivity index (χ1n) is 7.47. The van der Waals surface area contributed by atoms with Gasteiger partial charge >= 0.3 is 0 Å². The van der Waals surface area contributed by atoms with Crippen LogP contribution in [0.3, 0.4) is 0 Å². The van der Waals surface area contributed by atoms with Crippen molar-refractivity contribution in [3.8, 4) is 11.3 Å². The second-order valence-corrected chi connectivity index (χ2v) is 5.56. The summed E-state index contributed by atoms with van der Waals surface area (Å²) < 4.78 is 6.46. The maximum Gasteiger partial charge on any atom is 0.271 e. The third-order valence-corrected chi connectivity index (χ3v) is 3.65. The van der Waals surface area contributed by atoms with Crippen molar-refractivity contribution in [3.05, 3.63) is 51.8 Å². The molecule has 22 heavy (non-hydrogen) atoms. The van der Waals surface area contributed by atoms with Gasteiger partial charge in [-0.25, -0.2) is 4.68 Å². The van der Waals surface area contributed by atoms with Gasteiger partial charge in [-0.15, -0.1) is 0 Å². The maximum absolute atomic E-state index is 12.2. The molecule has 118 valence electrons. The lowest BCUT2D eigenvalue weighted by Gasteiger charge is -2.11. The highest BCUT2D eigenvalue weighted by Crippen LogP contribution is 2.21. The number of rotatable bonds is 6. The van der Waals surface area contributed by atoms with Crippen LogP contribution in [-0.2, 0) is 17.8 Å². The summed E-state index contributed by atoms with van der Waals surface area (Å²) in [5.41, 5.74) is 9.11. The van der Waals surface area contributed by atoms with Gasteiger partial charge in [-0.3, -0.25) is 4.79 Å². The average Bonchev–Trinajstić information content (AvgIpc) is 2.54. The van der Waals surface area contributed by atoms with Crippen molar-refractivity contribution in [2.45, 2.75) is 32.9 Å². The molecule has 0 saturated carbocycles. The highest BCUT2D eigenvalue weighted by atomic mass is 16.5. The molecule has 0 bridgehead atoms. The predicted molar refractivity (Wildman–Crippen MR) is 87.8 cm³/mol. The van der Waals surface area contributed by atoms with Gasteiger partial charge in [-0.05, 0) is 17.5 Å². The van der Waals surface area contributed by atoms with Crippen molar-refractivity contribution in [2.75, 3.05) is 13.7 Å². The van der Waals surface area contributed by atoms with E-state index in [1.807, 2.05) is 12.1 Å². The summed E-state index contributed by atoms with van der Waals surface area (Å²) in [5.74, 6) is 0.484. The van der Waals surface area contributed by atoms with Gasteiger partial charge in [-0.1, -0.05) is 38.1 Å². The molecule has 0 radical (unpaired) electrons. The van der Waals surface area contributed by atoms with E-state index in [2.05, 4.69) is 31.1 Å². The number of methoxy groups -OCH3 is 1. The molecule has 0 aliphatic rings. The predicted octanol–water partition coefficient (Wildman–Crippen LogP) is 2.14. The fraction of sp³-hybridized carbons (Fsp3) is 0.412. The van der Waals surface area contributed by atoms with Gasteiger partial charge in [0.1, 0.15) is 0 Å². The van der Waals surface area contributed by atoms with Gasteiger partial charge in [0.2, 0.25) is 0 Å². The monoisotopic (exact) mass is 301 g/mol. The van der Waals surface area contributed by atoms with Crippen molar-refractivity contribution in [2.24, 2.45) is 5.73 Å². The molecule has 2 N–H and O–H groups in total. The first kappa shape index (κ1) is 16.4. The lowest BCUT2D eigenvalue weighted by atomic mass is 10.0. The molecule has 0 aliphatic heterocycles. The molecule has 0 aliphatic carbocycles. The smallest absolute Gasteiger partial charge is 0.271 e. The summed E-state index contributed by atoms with van der Waals surface area (Å²) in [7, 11) is 1.60. The van der Waals surface area contributed by atoms with Crippen LogP contribution in [0, 0.1) is 0 Å². The zero-order valence-electron chi connectivity index (χ0n) is 13.4. The SMILES string of the molecule is COCCn1nc(-c2ccc(C(C)C)cc2)cc(CN)c1=O. The lowest BCUT2D eigenvalue weighted by molar-refractivity contribution is 0.182. The molecule has 0 amide bonds. The van der Waals surface area contributed by atoms with Crippen LogP contribution in [-0.4, -0.2) is 23.5 Å². The van der Waals surface area contributed by atoms with E-state index in [1.54, 1.807) is 13.2 Å². The second kappa shape index (κ2) is 7.33. The zero-order chi connectivity index (χ0) is 16.1. The molecule has 1 aromatic carbocycles. The summed E-state index contributed by atoms with van der Waals surface area (Å²) in [6, 6.07) is 10.0. The van der Waals surface area contributed by atoms with Gasteiger partial charge in [0.05, 0.1) is 18.8 Å². The van der Waals surface area contributed by atoms with Crippen LogP contribution in [0.4, 0.5) is 0 Å². The standard InChI is InChI=1S/C17H23N3O2/c1-12(2)13-4-6-14(7-5-13)16-10-15(11-18)17(21)20(19-16)8-9-22-3/h4-7,10,12H,8-9,11,18H2,1-3H3. The Balaban J connectivity index is 2.43. The Hall–Kier alpha value is -1.98. The molecule has 0 spiro atoms. The normalized spacial score (nSPS) is 11.1. The molecule has 0 fully saturated rings. The van der Waals surface area contributed by atoms with Crippen LogP contribution < -0.4 is 11.3 Å². The highest BCUT2D eigenvalue weighted by Gasteiger charge is 2.09. The molecule has 0 atom stereocenters. The first-order chi connectivity index (χ1) is 10.6. The Bertz CT molecular complexity index is 675. The van der Waals surface area contributed by atoms with Crippen LogP contribution in [0.2, 0.25) is 0 Å². The number of aromatic nitrogens is 2.